The molecule has 1 aromatic rings. The van der Waals surface area contributed by atoms with Crippen LogP contribution < -0.4 is 21.5 Å². The summed E-state index contributed by atoms with van der Waals surface area (Å²) in [5.74, 6) is -4.52. The Kier molecular flexibility index (Phi) is 5.80. The number of rotatable bonds is 6. The Morgan fingerprint density at radius 2 is 1.75 bits per heavy atom. The molecule has 0 unspecified atom stereocenters. The van der Waals surface area contributed by atoms with Crippen LogP contribution in [-0.2, 0) is 14.6 Å². The molecule has 24 heavy (non-hydrogen) atoms. The molecule has 0 radical (unpaired) electrons. The Morgan fingerprint density at radius 3 is 2.29 bits per heavy atom. The van der Waals surface area contributed by atoms with E-state index in [1.165, 1.54) is 0 Å². The first-order chi connectivity index (χ1) is 11.3. The van der Waals surface area contributed by atoms with Crippen LogP contribution in [0.2, 0.25) is 0 Å². The second kappa shape index (κ2) is 7.64. The normalized spacial score (nSPS) is 15.5. The van der Waals surface area contributed by atoms with Crippen molar-refractivity contribution in [3.63, 3.8) is 0 Å². The Balaban J connectivity index is 1.89. The molecule has 2 rings (SSSR count). The zero-order valence-electron chi connectivity index (χ0n) is 12.4. The molecule has 4 N–H and O–H groups in total. The second-order valence-electron chi connectivity index (χ2n) is 5.04. The lowest BCUT2D eigenvalue weighted by molar-refractivity contribution is -0.120. The number of benzene rings is 1. The number of amides is 2. The molecule has 0 aromatic heterocycles. The van der Waals surface area contributed by atoms with Crippen LogP contribution in [0.5, 0.6) is 0 Å². The number of carbonyl (C=O) groups excluding carboxylic acids is 2. The fourth-order valence-electron chi connectivity index (χ4n) is 2.01. The summed E-state index contributed by atoms with van der Waals surface area (Å²) < 4.78 is 47.4. The van der Waals surface area contributed by atoms with Gasteiger partial charge in [-0.3, -0.25) is 20.4 Å². The lowest BCUT2D eigenvalue weighted by Crippen LogP contribution is -2.44. The summed E-state index contributed by atoms with van der Waals surface area (Å²) in [6, 6.07) is 3.98. The lowest BCUT2D eigenvalue weighted by atomic mass is 10.2. The third-order valence-electron chi connectivity index (χ3n) is 3.28. The van der Waals surface area contributed by atoms with E-state index in [1.807, 2.05) is 0 Å². The van der Waals surface area contributed by atoms with Crippen LogP contribution in [0.1, 0.15) is 10.4 Å². The minimum atomic E-state index is -4.70. The predicted octanol–water partition coefficient (Wildman–Crippen LogP) is -0.995. The summed E-state index contributed by atoms with van der Waals surface area (Å²) in [6.07, 6.45) is 0. The molecule has 1 aromatic carbocycles. The van der Waals surface area contributed by atoms with Crippen LogP contribution in [0.3, 0.4) is 0 Å². The number of nitrogens with one attached hydrogen (secondary N) is 4. The molecule has 0 aliphatic carbocycles. The summed E-state index contributed by atoms with van der Waals surface area (Å²) in [6.45, 7) is 0.881. The van der Waals surface area contributed by atoms with E-state index < -0.39 is 26.4 Å². The molecule has 132 valence electrons. The zero-order valence-corrected chi connectivity index (χ0v) is 13.2. The quantitative estimate of drug-likeness (QED) is 0.516. The van der Waals surface area contributed by atoms with E-state index in [0.29, 0.717) is 13.1 Å². The van der Waals surface area contributed by atoms with Crippen molar-refractivity contribution in [1.82, 2.24) is 21.5 Å². The van der Waals surface area contributed by atoms with Gasteiger partial charge in [-0.15, -0.1) is 0 Å². The van der Waals surface area contributed by atoms with Crippen LogP contribution >= 0.6 is 0 Å². The maximum absolute atomic E-state index is 12.4. The van der Waals surface area contributed by atoms with Crippen molar-refractivity contribution in [1.29, 1.82) is 0 Å². The number of hydrogen-bond donors (Lipinski definition) is 4. The van der Waals surface area contributed by atoms with Crippen LogP contribution in [0.4, 0.5) is 8.78 Å². The summed E-state index contributed by atoms with van der Waals surface area (Å²) in [5.41, 5.74) is 5.73. The van der Waals surface area contributed by atoms with Crippen molar-refractivity contribution < 1.29 is 26.8 Å². The highest BCUT2D eigenvalue weighted by Gasteiger charge is 2.26. The average Bonchev–Trinajstić information content (AvgIpc) is 3.05. The molecule has 1 aliphatic rings. The third kappa shape index (κ3) is 4.46. The van der Waals surface area contributed by atoms with Gasteiger partial charge in [-0.2, -0.15) is 8.78 Å². The minimum absolute atomic E-state index is 0.0558. The molecule has 0 bridgehead atoms. The Bertz CT molecular complexity index is 703. The van der Waals surface area contributed by atoms with E-state index in [0.717, 1.165) is 24.3 Å². The van der Waals surface area contributed by atoms with Crippen molar-refractivity contribution >= 4 is 21.7 Å². The molecule has 1 saturated heterocycles. The number of sulfone groups is 1. The number of hydrogen-bond acceptors (Lipinski definition) is 6. The summed E-state index contributed by atoms with van der Waals surface area (Å²) in [4.78, 5) is 22.9. The number of hydrazine groups is 1. The van der Waals surface area contributed by atoms with Crippen molar-refractivity contribution in [3.05, 3.63) is 29.8 Å². The zero-order chi connectivity index (χ0) is 17.7. The van der Waals surface area contributed by atoms with Crippen LogP contribution in [0, 0.1) is 0 Å². The van der Waals surface area contributed by atoms with Crippen LogP contribution in [0.25, 0.3) is 0 Å². The van der Waals surface area contributed by atoms with E-state index in [1.54, 1.807) is 0 Å². The van der Waals surface area contributed by atoms with Crippen molar-refractivity contribution in [2.24, 2.45) is 0 Å². The molecule has 0 saturated carbocycles. The molecule has 1 aliphatic heterocycles. The monoisotopic (exact) mass is 362 g/mol. The topological polar surface area (TPSA) is 116 Å². The number of alkyl halides is 2. The fourth-order valence-corrected chi connectivity index (χ4v) is 2.73. The first-order valence-corrected chi connectivity index (χ1v) is 8.50. The Labute approximate surface area is 136 Å². The fraction of sp³-hybridized carbons (Fsp3) is 0.385. The van der Waals surface area contributed by atoms with Gasteiger partial charge in [-0.05, 0) is 24.3 Å². The first-order valence-electron chi connectivity index (χ1n) is 6.96. The molecule has 1 heterocycles. The SMILES string of the molecule is O=C(CNC(=O)c1ccc(S(=O)(=O)C(F)F)cc1)NC1CNNC1. The first kappa shape index (κ1) is 18.2. The van der Waals surface area contributed by atoms with Crippen molar-refractivity contribution in [3.8, 4) is 0 Å². The summed E-state index contributed by atoms with van der Waals surface area (Å²) in [5, 5.41) is 5.05. The molecule has 2 amide bonds. The van der Waals surface area contributed by atoms with Gasteiger partial charge in [0, 0.05) is 18.7 Å². The molecule has 0 spiro atoms. The van der Waals surface area contributed by atoms with Gasteiger partial charge in [0.05, 0.1) is 17.5 Å². The van der Waals surface area contributed by atoms with E-state index in [4.69, 9.17) is 0 Å². The standard InChI is InChI=1S/C13H16F2N4O4S/c14-13(15)24(22,23)10-3-1-8(2-4-10)12(21)16-7-11(20)19-9-5-17-18-6-9/h1-4,9,13,17-18H,5-7H2,(H,16,21)(H,19,20). The van der Waals surface area contributed by atoms with Gasteiger partial charge >= 0.3 is 5.76 Å². The smallest absolute Gasteiger partial charge is 0.341 e. The minimum Gasteiger partial charge on any atom is -0.349 e. The van der Waals surface area contributed by atoms with Crippen molar-refractivity contribution in [2.75, 3.05) is 19.6 Å². The van der Waals surface area contributed by atoms with Gasteiger partial charge in [0.2, 0.25) is 15.7 Å². The van der Waals surface area contributed by atoms with E-state index in [9.17, 15) is 26.8 Å². The molecule has 0 atom stereocenters. The highest BCUT2D eigenvalue weighted by atomic mass is 32.2. The van der Waals surface area contributed by atoms with Gasteiger partial charge in [0.1, 0.15) is 0 Å². The number of halogens is 2. The molecule has 11 heteroatoms. The van der Waals surface area contributed by atoms with Gasteiger partial charge in [0.25, 0.3) is 5.91 Å². The largest absolute Gasteiger partial charge is 0.349 e. The van der Waals surface area contributed by atoms with Crippen LogP contribution in [0.15, 0.2) is 29.2 Å². The Morgan fingerprint density at radius 1 is 1.17 bits per heavy atom. The van der Waals surface area contributed by atoms with Gasteiger partial charge in [-0.25, -0.2) is 8.42 Å². The van der Waals surface area contributed by atoms with E-state index >= 15 is 0 Å². The summed E-state index contributed by atoms with van der Waals surface area (Å²) in [7, 11) is -4.70. The maximum Gasteiger partial charge on any atom is 0.341 e. The van der Waals surface area contributed by atoms with Gasteiger partial charge < -0.3 is 10.6 Å². The highest BCUT2D eigenvalue weighted by molar-refractivity contribution is 7.91. The third-order valence-corrected chi connectivity index (χ3v) is 4.67. The Hall–Kier alpha value is -2.11. The molecular weight excluding hydrogens is 346 g/mol. The van der Waals surface area contributed by atoms with Gasteiger partial charge in [-0.1, -0.05) is 0 Å². The molecular formula is C13H16F2N4O4S. The second-order valence-corrected chi connectivity index (χ2v) is 6.96. The summed E-state index contributed by atoms with van der Waals surface area (Å²) >= 11 is 0. The van der Waals surface area contributed by atoms with Crippen LogP contribution in [-0.4, -0.2) is 51.7 Å². The molecule has 8 nitrogen and oxygen atoms in total. The maximum atomic E-state index is 12.4. The predicted molar refractivity (Wildman–Crippen MR) is 79.9 cm³/mol. The number of carbonyl (C=O) groups is 2. The van der Waals surface area contributed by atoms with E-state index in [-0.39, 0.29) is 24.1 Å². The molecule has 1 fully saturated rings. The lowest BCUT2D eigenvalue weighted by Gasteiger charge is -2.11. The van der Waals surface area contributed by atoms with Crippen molar-refractivity contribution in [2.45, 2.75) is 16.7 Å². The van der Waals surface area contributed by atoms with E-state index in [2.05, 4.69) is 21.5 Å². The average molecular weight is 362 g/mol. The highest BCUT2D eigenvalue weighted by Crippen LogP contribution is 2.18. The van der Waals surface area contributed by atoms with Gasteiger partial charge in [0.15, 0.2) is 0 Å².